The maximum Gasteiger partial charge on any atom is 0.265 e. The molecule has 1 fully saturated rings. The van der Waals surface area contributed by atoms with Crippen molar-refractivity contribution in [3.05, 3.63) is 98.6 Å². The molecule has 2 amide bonds. The highest BCUT2D eigenvalue weighted by Gasteiger charge is 2.41. The van der Waals surface area contributed by atoms with E-state index in [-0.39, 0.29) is 29.5 Å². The Morgan fingerprint density at radius 1 is 1.21 bits per heavy atom. The van der Waals surface area contributed by atoms with Crippen LogP contribution in [0.15, 0.2) is 75.9 Å². The third kappa shape index (κ3) is 5.12. The predicted molar refractivity (Wildman–Crippen MR) is 129 cm³/mol. The molecule has 172 valence electrons. The van der Waals surface area contributed by atoms with Gasteiger partial charge in [0, 0.05) is 15.7 Å². The highest BCUT2D eigenvalue weighted by Crippen LogP contribution is 2.42. The summed E-state index contributed by atoms with van der Waals surface area (Å²) in [6.45, 7) is 0.0727. The van der Waals surface area contributed by atoms with Crippen molar-refractivity contribution in [3.63, 3.8) is 0 Å². The first-order chi connectivity index (χ1) is 16.4. The van der Waals surface area contributed by atoms with Crippen molar-refractivity contribution in [1.82, 2.24) is 5.32 Å². The van der Waals surface area contributed by atoms with Crippen molar-refractivity contribution >= 4 is 52.5 Å². The monoisotopic (exact) mass is 515 g/mol. The Bertz CT molecular complexity index is 1300. The molecule has 1 saturated heterocycles. The van der Waals surface area contributed by atoms with Gasteiger partial charge in [0.2, 0.25) is 5.91 Å². The van der Waals surface area contributed by atoms with Gasteiger partial charge in [-0.3, -0.25) is 14.5 Å². The van der Waals surface area contributed by atoms with Crippen LogP contribution in [0.1, 0.15) is 11.3 Å². The van der Waals surface area contributed by atoms with E-state index in [0.29, 0.717) is 27.1 Å². The van der Waals surface area contributed by atoms with Gasteiger partial charge in [0.05, 0.1) is 18.1 Å². The van der Waals surface area contributed by atoms with Crippen LogP contribution in [0.3, 0.4) is 0 Å². The maximum atomic E-state index is 13.5. The van der Waals surface area contributed by atoms with Gasteiger partial charge in [-0.05, 0) is 60.5 Å². The molecule has 0 spiro atoms. The van der Waals surface area contributed by atoms with E-state index in [1.54, 1.807) is 30.3 Å². The summed E-state index contributed by atoms with van der Waals surface area (Å²) in [4.78, 5) is 27.6. The molecule has 1 aliphatic heterocycles. The van der Waals surface area contributed by atoms with Crippen LogP contribution in [-0.4, -0.2) is 17.1 Å². The molecule has 3 aromatic rings. The van der Waals surface area contributed by atoms with Crippen LogP contribution in [0.2, 0.25) is 10.0 Å². The number of halogens is 3. The molecule has 1 unspecified atom stereocenters. The zero-order valence-corrected chi connectivity index (χ0v) is 19.8. The average Bonchev–Trinajstić information content (AvgIpc) is 3.44. The van der Waals surface area contributed by atoms with Crippen LogP contribution < -0.4 is 10.2 Å². The molecule has 4 rings (SSSR count). The number of rotatable bonds is 6. The fourth-order valence-electron chi connectivity index (χ4n) is 3.37. The summed E-state index contributed by atoms with van der Waals surface area (Å²) in [5.74, 6) is -0.984. The molecule has 1 atom stereocenters. The lowest BCUT2D eigenvalue weighted by molar-refractivity contribution is -0.117. The smallest absolute Gasteiger partial charge is 0.265 e. The van der Waals surface area contributed by atoms with Crippen LogP contribution in [-0.2, 0) is 22.6 Å². The number of furan rings is 1. The fraction of sp³-hybridized carbons (Fsp3) is 0.125. The van der Waals surface area contributed by atoms with Gasteiger partial charge in [0.15, 0.2) is 0 Å². The first kappa shape index (κ1) is 23.9. The highest BCUT2D eigenvalue weighted by atomic mass is 35.5. The van der Waals surface area contributed by atoms with E-state index in [2.05, 4.69) is 5.32 Å². The molecule has 0 aliphatic carbocycles. The Kier molecular flexibility index (Phi) is 7.27. The van der Waals surface area contributed by atoms with Gasteiger partial charge in [-0.15, -0.1) is 0 Å². The number of thioether (sulfide) groups is 1. The van der Waals surface area contributed by atoms with E-state index in [9.17, 15) is 19.2 Å². The summed E-state index contributed by atoms with van der Waals surface area (Å²) in [5, 5.41) is 12.8. The number of anilines is 1. The Morgan fingerprint density at radius 2 is 1.97 bits per heavy atom. The van der Waals surface area contributed by atoms with Crippen molar-refractivity contribution in [2.24, 2.45) is 0 Å². The fourth-order valence-corrected chi connectivity index (χ4v) is 5.15. The SMILES string of the molecule is N#C/C(C(=O)NCc1ccco1)=C1/SC(Cc2ccc(Cl)cc2Cl)C(=O)N1c1ccc(F)cc1. The second-order valence-electron chi connectivity index (χ2n) is 7.25. The zero-order chi connectivity index (χ0) is 24.2. The van der Waals surface area contributed by atoms with E-state index >= 15 is 0 Å². The molecule has 0 saturated carbocycles. The quantitative estimate of drug-likeness (QED) is 0.347. The lowest BCUT2D eigenvalue weighted by atomic mass is 10.1. The van der Waals surface area contributed by atoms with Crippen molar-refractivity contribution in [1.29, 1.82) is 5.26 Å². The third-order valence-corrected chi connectivity index (χ3v) is 6.86. The Balaban J connectivity index is 1.69. The first-order valence-corrected chi connectivity index (χ1v) is 11.7. The average molecular weight is 516 g/mol. The van der Waals surface area contributed by atoms with Gasteiger partial charge in [-0.2, -0.15) is 5.26 Å². The van der Waals surface area contributed by atoms with Crippen LogP contribution in [0.25, 0.3) is 0 Å². The maximum absolute atomic E-state index is 13.5. The predicted octanol–water partition coefficient (Wildman–Crippen LogP) is 5.47. The summed E-state index contributed by atoms with van der Waals surface area (Å²) in [7, 11) is 0. The van der Waals surface area contributed by atoms with Crippen LogP contribution in [0.5, 0.6) is 0 Å². The van der Waals surface area contributed by atoms with E-state index in [4.69, 9.17) is 27.6 Å². The molecule has 0 radical (unpaired) electrons. The molecule has 2 heterocycles. The van der Waals surface area contributed by atoms with E-state index < -0.39 is 17.0 Å². The van der Waals surface area contributed by atoms with Gasteiger partial charge in [-0.1, -0.05) is 41.0 Å². The first-order valence-electron chi connectivity index (χ1n) is 10.0. The van der Waals surface area contributed by atoms with Crippen molar-refractivity contribution < 1.29 is 18.4 Å². The van der Waals surface area contributed by atoms with Crippen LogP contribution >= 0.6 is 35.0 Å². The lowest BCUT2D eigenvalue weighted by Crippen LogP contribution is -2.32. The number of benzene rings is 2. The van der Waals surface area contributed by atoms with Gasteiger partial charge < -0.3 is 9.73 Å². The number of carbonyl (C=O) groups is 2. The zero-order valence-electron chi connectivity index (χ0n) is 17.4. The summed E-state index contributed by atoms with van der Waals surface area (Å²) >= 11 is 13.4. The number of carbonyl (C=O) groups excluding carboxylic acids is 2. The molecular formula is C24H16Cl2FN3O3S. The molecule has 6 nitrogen and oxygen atoms in total. The van der Waals surface area contributed by atoms with Gasteiger partial charge in [0.1, 0.15) is 28.2 Å². The summed E-state index contributed by atoms with van der Waals surface area (Å²) in [6.07, 6.45) is 1.72. The van der Waals surface area contributed by atoms with Crippen molar-refractivity contribution in [3.8, 4) is 6.07 Å². The van der Waals surface area contributed by atoms with Gasteiger partial charge in [-0.25, -0.2) is 4.39 Å². The Labute approximate surface area is 208 Å². The number of nitriles is 1. The number of hydrogen-bond acceptors (Lipinski definition) is 5. The summed E-state index contributed by atoms with van der Waals surface area (Å²) in [5.41, 5.74) is 0.794. The van der Waals surface area contributed by atoms with Crippen LogP contribution in [0.4, 0.5) is 10.1 Å². The lowest BCUT2D eigenvalue weighted by Gasteiger charge is -2.18. The van der Waals surface area contributed by atoms with E-state index in [0.717, 1.165) is 11.8 Å². The molecule has 1 aliphatic rings. The standard InChI is InChI=1S/C24H16Cl2FN3O3S/c25-15-4-3-14(20(26)11-15)10-21-23(32)30(17-7-5-16(27)6-8-17)24(34-21)19(12-28)22(31)29-13-18-2-1-9-33-18/h1-9,11,21H,10,13H2,(H,29,31)/b24-19-. The minimum absolute atomic E-state index is 0.0727. The molecule has 0 bridgehead atoms. The molecule has 1 aromatic heterocycles. The normalized spacial score (nSPS) is 16.9. The Hall–Kier alpha value is -3.25. The third-order valence-electron chi connectivity index (χ3n) is 5.01. The molecular weight excluding hydrogens is 500 g/mol. The number of nitrogens with zero attached hydrogens (tertiary/aromatic N) is 2. The summed E-state index contributed by atoms with van der Waals surface area (Å²) in [6, 6.07) is 15.5. The topological polar surface area (TPSA) is 86.3 Å². The minimum atomic E-state index is -0.667. The molecule has 1 N–H and O–H groups in total. The van der Waals surface area contributed by atoms with Gasteiger partial charge >= 0.3 is 0 Å². The van der Waals surface area contributed by atoms with Crippen molar-refractivity contribution in [2.45, 2.75) is 18.2 Å². The number of nitrogens with one attached hydrogen (secondary N) is 1. The molecule has 2 aromatic carbocycles. The molecule has 34 heavy (non-hydrogen) atoms. The van der Waals surface area contributed by atoms with Gasteiger partial charge in [0.25, 0.3) is 5.91 Å². The summed E-state index contributed by atoms with van der Waals surface area (Å²) < 4.78 is 18.7. The number of amides is 2. The molecule has 10 heteroatoms. The van der Waals surface area contributed by atoms with Crippen molar-refractivity contribution in [2.75, 3.05) is 4.90 Å². The Morgan fingerprint density at radius 3 is 2.62 bits per heavy atom. The second kappa shape index (κ2) is 10.3. The second-order valence-corrected chi connectivity index (χ2v) is 9.29. The highest BCUT2D eigenvalue weighted by molar-refractivity contribution is 8.05. The largest absolute Gasteiger partial charge is 0.467 e. The van der Waals surface area contributed by atoms with E-state index in [1.165, 1.54) is 35.4 Å². The number of hydrogen-bond donors (Lipinski definition) is 1. The van der Waals surface area contributed by atoms with Crippen LogP contribution in [0, 0.1) is 17.1 Å². The van der Waals surface area contributed by atoms with E-state index in [1.807, 2.05) is 6.07 Å². The minimum Gasteiger partial charge on any atom is -0.467 e.